The first-order chi connectivity index (χ1) is 14.9. The highest BCUT2D eigenvalue weighted by molar-refractivity contribution is 5.96. The smallest absolute Gasteiger partial charge is 0.274 e. The molecular weight excluding hydrogens is 398 g/mol. The number of aromatic nitrogens is 3. The number of ether oxygens (including phenoxy) is 1. The fourth-order valence-electron chi connectivity index (χ4n) is 5.18. The Kier molecular flexibility index (Phi) is 4.88. The molecule has 2 aromatic rings. The van der Waals surface area contributed by atoms with E-state index in [9.17, 15) is 9.59 Å². The van der Waals surface area contributed by atoms with E-state index >= 15 is 0 Å². The lowest BCUT2D eigenvalue weighted by molar-refractivity contribution is -0.0990. The molecule has 3 aliphatic rings. The molecule has 166 valence electrons. The molecule has 0 atom stereocenters. The highest BCUT2D eigenvalue weighted by Gasteiger charge is 2.43. The first-order valence-corrected chi connectivity index (χ1v) is 11.1. The van der Waals surface area contributed by atoms with Crippen LogP contribution in [-0.4, -0.2) is 68.3 Å². The summed E-state index contributed by atoms with van der Waals surface area (Å²) >= 11 is 0. The normalized spacial score (nSPS) is 20.4. The van der Waals surface area contributed by atoms with Gasteiger partial charge in [0.1, 0.15) is 11.3 Å². The van der Waals surface area contributed by atoms with Crippen LogP contribution >= 0.6 is 0 Å². The number of piperidine rings is 1. The summed E-state index contributed by atoms with van der Waals surface area (Å²) in [4.78, 5) is 29.6. The Morgan fingerprint density at radius 2 is 1.68 bits per heavy atom. The van der Waals surface area contributed by atoms with Crippen molar-refractivity contribution >= 4 is 11.8 Å². The molecule has 9 nitrogen and oxygen atoms in total. The van der Waals surface area contributed by atoms with Gasteiger partial charge in [-0.1, -0.05) is 5.16 Å². The highest BCUT2D eigenvalue weighted by Crippen LogP contribution is 2.38. The van der Waals surface area contributed by atoms with Gasteiger partial charge < -0.3 is 19.1 Å². The molecule has 5 rings (SSSR count). The van der Waals surface area contributed by atoms with Crippen molar-refractivity contribution in [3.63, 3.8) is 0 Å². The molecule has 0 aliphatic carbocycles. The number of hydrogen-bond donors (Lipinski definition) is 0. The van der Waals surface area contributed by atoms with Crippen LogP contribution in [0.2, 0.25) is 0 Å². The van der Waals surface area contributed by atoms with Crippen LogP contribution < -0.4 is 0 Å². The Morgan fingerprint density at radius 3 is 2.32 bits per heavy atom. The summed E-state index contributed by atoms with van der Waals surface area (Å²) in [5.41, 5.74) is 3.44. The van der Waals surface area contributed by atoms with Gasteiger partial charge in [-0.05, 0) is 39.5 Å². The van der Waals surface area contributed by atoms with E-state index in [4.69, 9.17) is 9.26 Å². The van der Waals surface area contributed by atoms with E-state index in [1.54, 1.807) is 13.8 Å². The summed E-state index contributed by atoms with van der Waals surface area (Å²) in [7, 11) is 1.91. The number of likely N-dealkylation sites (tertiary alicyclic amines) is 2. The van der Waals surface area contributed by atoms with Crippen LogP contribution in [0.5, 0.6) is 0 Å². The fourth-order valence-corrected chi connectivity index (χ4v) is 5.18. The van der Waals surface area contributed by atoms with E-state index in [0.29, 0.717) is 48.8 Å². The zero-order valence-electron chi connectivity index (χ0n) is 18.4. The second kappa shape index (κ2) is 7.47. The molecule has 0 bridgehead atoms. The van der Waals surface area contributed by atoms with Gasteiger partial charge in [0.05, 0.1) is 17.9 Å². The molecular formula is C22H29N5O4. The molecule has 0 aromatic carbocycles. The molecule has 2 saturated heterocycles. The minimum atomic E-state index is -0.315. The molecule has 0 radical (unpaired) electrons. The quantitative estimate of drug-likeness (QED) is 0.728. The summed E-state index contributed by atoms with van der Waals surface area (Å²) in [5, 5.41) is 8.48. The fraction of sp³-hybridized carbons (Fsp3) is 0.636. The van der Waals surface area contributed by atoms with Crippen molar-refractivity contribution in [1.82, 2.24) is 24.7 Å². The lowest BCUT2D eigenvalue weighted by atomic mass is 9.83. The number of aryl methyl sites for hydroxylation is 3. The molecule has 0 N–H and O–H groups in total. The highest BCUT2D eigenvalue weighted by atomic mass is 16.5. The van der Waals surface area contributed by atoms with Crippen molar-refractivity contribution in [2.45, 2.75) is 58.2 Å². The summed E-state index contributed by atoms with van der Waals surface area (Å²) in [6.07, 6.45) is 4.34. The number of amides is 2. The molecule has 3 aliphatic heterocycles. The van der Waals surface area contributed by atoms with E-state index in [1.807, 2.05) is 21.5 Å². The number of rotatable bonds is 2. The van der Waals surface area contributed by atoms with Gasteiger partial charge in [0.15, 0.2) is 5.69 Å². The third kappa shape index (κ3) is 3.35. The Hall–Kier alpha value is -2.68. The standard InChI is InChI=1S/C22H29N5O4/c1-14-18(15(2)31-24-14)20(28)27-10-6-22(7-11-27)12-17-16(13-30-22)19(23-25(17)3)21(29)26-8-4-5-9-26/h4-13H2,1-3H3. The topological polar surface area (TPSA) is 93.7 Å². The number of fused-ring (bicyclic) bond motifs is 1. The van der Waals surface area contributed by atoms with Crippen LogP contribution in [0.1, 0.15) is 69.2 Å². The second-order valence-corrected chi connectivity index (χ2v) is 9.04. The predicted molar refractivity (Wildman–Crippen MR) is 111 cm³/mol. The maximum absolute atomic E-state index is 13.0. The van der Waals surface area contributed by atoms with Crippen molar-refractivity contribution in [3.05, 3.63) is 34.0 Å². The van der Waals surface area contributed by atoms with E-state index in [-0.39, 0.29) is 17.4 Å². The predicted octanol–water partition coefficient (Wildman–Crippen LogP) is 2.01. The van der Waals surface area contributed by atoms with Crippen molar-refractivity contribution in [2.75, 3.05) is 26.2 Å². The van der Waals surface area contributed by atoms with Crippen LogP contribution in [-0.2, 0) is 24.8 Å². The van der Waals surface area contributed by atoms with E-state index in [0.717, 1.165) is 50.0 Å². The van der Waals surface area contributed by atoms with Crippen molar-refractivity contribution in [2.24, 2.45) is 7.05 Å². The average Bonchev–Trinajstić information content (AvgIpc) is 3.48. The van der Waals surface area contributed by atoms with Gasteiger partial charge in [0.2, 0.25) is 0 Å². The Labute approximate surface area is 181 Å². The van der Waals surface area contributed by atoms with Gasteiger partial charge in [-0.25, -0.2) is 0 Å². The lowest BCUT2D eigenvalue weighted by Crippen LogP contribution is -2.51. The van der Waals surface area contributed by atoms with Gasteiger partial charge in [-0.2, -0.15) is 5.10 Å². The van der Waals surface area contributed by atoms with Crippen molar-refractivity contribution < 1.29 is 18.8 Å². The van der Waals surface area contributed by atoms with Gasteiger partial charge in [0.25, 0.3) is 11.8 Å². The largest absolute Gasteiger partial charge is 0.370 e. The van der Waals surface area contributed by atoms with Crippen LogP contribution in [0.3, 0.4) is 0 Å². The van der Waals surface area contributed by atoms with Gasteiger partial charge in [0, 0.05) is 50.9 Å². The van der Waals surface area contributed by atoms with Gasteiger partial charge in [-0.3, -0.25) is 14.3 Å². The lowest BCUT2D eigenvalue weighted by Gasteiger charge is -2.43. The molecule has 0 saturated carbocycles. The molecule has 2 fully saturated rings. The van der Waals surface area contributed by atoms with Crippen LogP contribution in [0.25, 0.3) is 0 Å². The maximum Gasteiger partial charge on any atom is 0.274 e. The number of nitrogens with zero attached hydrogens (tertiary/aromatic N) is 5. The molecule has 2 amide bonds. The molecule has 0 unspecified atom stereocenters. The van der Waals surface area contributed by atoms with Crippen molar-refractivity contribution in [1.29, 1.82) is 0 Å². The van der Waals surface area contributed by atoms with E-state index < -0.39 is 0 Å². The average molecular weight is 428 g/mol. The molecule has 2 aromatic heterocycles. The molecule has 31 heavy (non-hydrogen) atoms. The molecule has 1 spiro atoms. The second-order valence-electron chi connectivity index (χ2n) is 9.04. The van der Waals surface area contributed by atoms with E-state index in [2.05, 4.69) is 10.3 Å². The Morgan fingerprint density at radius 1 is 1.00 bits per heavy atom. The Balaban J connectivity index is 1.30. The van der Waals surface area contributed by atoms with Crippen LogP contribution in [0, 0.1) is 13.8 Å². The third-order valence-corrected chi connectivity index (χ3v) is 7.09. The van der Waals surface area contributed by atoms with Gasteiger partial charge >= 0.3 is 0 Å². The Bertz CT molecular complexity index is 1010. The van der Waals surface area contributed by atoms with Crippen molar-refractivity contribution in [3.8, 4) is 0 Å². The molecule has 5 heterocycles. The summed E-state index contributed by atoms with van der Waals surface area (Å²) in [6.45, 7) is 6.83. The molecule has 9 heteroatoms. The van der Waals surface area contributed by atoms with Crippen LogP contribution in [0.15, 0.2) is 4.52 Å². The number of carbonyl (C=O) groups excluding carboxylic acids is 2. The number of carbonyl (C=O) groups is 2. The zero-order chi connectivity index (χ0) is 21.8. The van der Waals surface area contributed by atoms with Crippen LogP contribution in [0.4, 0.5) is 0 Å². The van der Waals surface area contributed by atoms with E-state index in [1.165, 1.54) is 0 Å². The van der Waals surface area contributed by atoms with Gasteiger partial charge in [-0.15, -0.1) is 0 Å². The summed E-state index contributed by atoms with van der Waals surface area (Å²) in [6, 6.07) is 0. The maximum atomic E-state index is 13.0. The monoisotopic (exact) mass is 427 g/mol. The minimum Gasteiger partial charge on any atom is -0.370 e. The zero-order valence-corrected chi connectivity index (χ0v) is 18.4. The minimum absolute atomic E-state index is 0.0220. The third-order valence-electron chi connectivity index (χ3n) is 7.09. The summed E-state index contributed by atoms with van der Waals surface area (Å²) < 4.78 is 13.4. The summed E-state index contributed by atoms with van der Waals surface area (Å²) in [5.74, 6) is 0.557. The SMILES string of the molecule is Cc1noc(C)c1C(=O)N1CCC2(CC1)Cc1c(c(C(=O)N3CCCC3)nn1C)CO2. The first-order valence-electron chi connectivity index (χ1n) is 11.1. The number of hydrogen-bond acceptors (Lipinski definition) is 6. The first kappa shape index (κ1) is 20.2.